The van der Waals surface area contributed by atoms with Gasteiger partial charge in [0.05, 0.1) is 16.6 Å². The van der Waals surface area contributed by atoms with Crippen LogP contribution in [-0.2, 0) is 6.18 Å². The summed E-state index contributed by atoms with van der Waals surface area (Å²) in [5, 5.41) is 0. The van der Waals surface area contributed by atoms with Crippen molar-refractivity contribution in [2.24, 2.45) is 0 Å². The van der Waals surface area contributed by atoms with Crippen LogP contribution in [0.1, 0.15) is 16.8 Å². The van der Waals surface area contributed by atoms with Crippen LogP contribution in [0.3, 0.4) is 0 Å². The van der Waals surface area contributed by atoms with Crippen molar-refractivity contribution in [1.29, 1.82) is 0 Å². The number of aryl methyl sites for hydroxylation is 2. The summed E-state index contributed by atoms with van der Waals surface area (Å²) in [7, 11) is 0. The molecule has 0 amide bonds. The van der Waals surface area contributed by atoms with E-state index in [0.717, 1.165) is 17.7 Å². The van der Waals surface area contributed by atoms with Crippen molar-refractivity contribution in [3.8, 4) is 11.1 Å². The fourth-order valence-corrected chi connectivity index (χ4v) is 2.81. The van der Waals surface area contributed by atoms with E-state index >= 15 is 0 Å². The third-order valence-corrected chi connectivity index (χ3v) is 3.91. The Labute approximate surface area is 135 Å². The number of nitrogens with zero attached hydrogens (tertiary/aromatic N) is 2. The maximum atomic E-state index is 13.2. The van der Waals surface area contributed by atoms with Gasteiger partial charge in [0.25, 0.3) is 5.56 Å². The summed E-state index contributed by atoms with van der Waals surface area (Å²) < 4.78 is 40.9. The number of aromatic nitrogens is 2. The van der Waals surface area contributed by atoms with Crippen LogP contribution >= 0.6 is 0 Å². The number of alkyl halides is 3. The fourth-order valence-electron chi connectivity index (χ4n) is 2.81. The maximum absolute atomic E-state index is 13.2. The summed E-state index contributed by atoms with van der Waals surface area (Å²) in [6, 6.07) is 8.89. The van der Waals surface area contributed by atoms with Crippen LogP contribution in [0.25, 0.3) is 16.6 Å². The summed E-state index contributed by atoms with van der Waals surface area (Å²) in [6.45, 7) is 3.27. The van der Waals surface area contributed by atoms with E-state index in [-0.39, 0.29) is 22.7 Å². The fraction of sp³-hybridized carbons (Fsp3) is 0.176. The molecular formula is C17H14F3N3O. The van der Waals surface area contributed by atoms with E-state index in [1.165, 1.54) is 11.3 Å². The zero-order valence-corrected chi connectivity index (χ0v) is 13.0. The minimum atomic E-state index is -4.52. The average Bonchev–Trinajstić information content (AvgIpc) is 2.47. The van der Waals surface area contributed by atoms with E-state index in [1.807, 2.05) is 0 Å². The molecular weight excluding hydrogens is 319 g/mol. The van der Waals surface area contributed by atoms with Crippen molar-refractivity contribution in [1.82, 2.24) is 9.38 Å². The Morgan fingerprint density at radius 2 is 1.79 bits per heavy atom. The molecule has 0 fully saturated rings. The molecule has 0 unspecified atom stereocenters. The summed E-state index contributed by atoms with van der Waals surface area (Å²) in [4.78, 5) is 16.2. The quantitative estimate of drug-likeness (QED) is 0.740. The number of hydrogen-bond donors (Lipinski definition) is 1. The molecule has 4 nitrogen and oxygen atoms in total. The van der Waals surface area contributed by atoms with Crippen molar-refractivity contribution in [3.63, 3.8) is 0 Å². The first-order chi connectivity index (χ1) is 11.2. The van der Waals surface area contributed by atoms with Gasteiger partial charge < -0.3 is 5.73 Å². The van der Waals surface area contributed by atoms with Gasteiger partial charge in [0, 0.05) is 5.69 Å². The summed E-state index contributed by atoms with van der Waals surface area (Å²) in [6.07, 6.45) is -4.52. The molecule has 2 aromatic heterocycles. The molecule has 7 heteroatoms. The third-order valence-electron chi connectivity index (χ3n) is 3.91. The van der Waals surface area contributed by atoms with E-state index in [9.17, 15) is 18.0 Å². The molecule has 3 aromatic rings. The zero-order chi connectivity index (χ0) is 17.6. The van der Waals surface area contributed by atoms with Gasteiger partial charge in [-0.15, -0.1) is 0 Å². The van der Waals surface area contributed by atoms with Gasteiger partial charge in [0.1, 0.15) is 0 Å². The van der Waals surface area contributed by atoms with Gasteiger partial charge >= 0.3 is 6.18 Å². The number of anilines is 1. The van der Waals surface area contributed by atoms with Gasteiger partial charge in [0.2, 0.25) is 5.95 Å². The molecule has 0 aliphatic carbocycles. The van der Waals surface area contributed by atoms with Crippen LogP contribution in [0.2, 0.25) is 0 Å². The highest BCUT2D eigenvalue weighted by Gasteiger charge is 2.32. The molecule has 2 heterocycles. The van der Waals surface area contributed by atoms with Gasteiger partial charge in [-0.25, -0.2) is 0 Å². The first-order valence-corrected chi connectivity index (χ1v) is 7.16. The molecule has 3 rings (SSSR count). The lowest BCUT2D eigenvalue weighted by Gasteiger charge is -2.16. The number of nitrogen functional groups attached to an aromatic ring is 1. The Morgan fingerprint density at radius 1 is 1.12 bits per heavy atom. The number of nitrogens with two attached hydrogens (primary N) is 1. The molecule has 1 aromatic carbocycles. The van der Waals surface area contributed by atoms with Crippen molar-refractivity contribution in [2.45, 2.75) is 20.0 Å². The molecule has 0 atom stereocenters. The Balaban J connectivity index is 2.52. The SMILES string of the molecule is Cc1ccccc1-c1c(=O)nc(N)n2c(C)cc(C(F)(F)F)cc12. The molecule has 0 bridgehead atoms. The molecule has 124 valence electrons. The average molecular weight is 333 g/mol. The van der Waals surface area contributed by atoms with Crippen molar-refractivity contribution < 1.29 is 13.2 Å². The highest BCUT2D eigenvalue weighted by Crippen LogP contribution is 2.33. The Kier molecular flexibility index (Phi) is 3.59. The van der Waals surface area contributed by atoms with E-state index < -0.39 is 17.3 Å². The van der Waals surface area contributed by atoms with Crippen molar-refractivity contribution in [2.75, 3.05) is 5.73 Å². The predicted molar refractivity (Wildman–Crippen MR) is 85.8 cm³/mol. The minimum Gasteiger partial charge on any atom is -0.369 e. The highest BCUT2D eigenvalue weighted by molar-refractivity contribution is 5.82. The Hall–Kier alpha value is -2.83. The van der Waals surface area contributed by atoms with Crippen LogP contribution in [0, 0.1) is 13.8 Å². The van der Waals surface area contributed by atoms with Gasteiger partial charge in [0.15, 0.2) is 0 Å². The van der Waals surface area contributed by atoms with E-state index in [1.54, 1.807) is 31.2 Å². The first-order valence-electron chi connectivity index (χ1n) is 7.16. The number of pyridine rings is 1. The monoisotopic (exact) mass is 333 g/mol. The van der Waals surface area contributed by atoms with Gasteiger partial charge in [-0.1, -0.05) is 24.3 Å². The molecule has 0 aliphatic heterocycles. The van der Waals surface area contributed by atoms with Crippen molar-refractivity contribution in [3.05, 3.63) is 63.6 Å². The lowest BCUT2D eigenvalue weighted by molar-refractivity contribution is -0.137. The molecule has 0 radical (unpaired) electrons. The van der Waals surface area contributed by atoms with Crippen LogP contribution in [0.4, 0.5) is 19.1 Å². The summed E-state index contributed by atoms with van der Waals surface area (Å²) in [5.74, 6) is -0.140. The summed E-state index contributed by atoms with van der Waals surface area (Å²) in [5.41, 5.74) is 6.03. The predicted octanol–water partition coefficient (Wildman–Crippen LogP) is 3.58. The maximum Gasteiger partial charge on any atom is 0.416 e. The van der Waals surface area contributed by atoms with E-state index in [2.05, 4.69) is 4.98 Å². The zero-order valence-electron chi connectivity index (χ0n) is 13.0. The second-order valence-corrected chi connectivity index (χ2v) is 5.57. The smallest absolute Gasteiger partial charge is 0.369 e. The van der Waals surface area contributed by atoms with Crippen LogP contribution < -0.4 is 11.3 Å². The first kappa shape index (κ1) is 16.0. The molecule has 0 spiro atoms. The largest absolute Gasteiger partial charge is 0.416 e. The second kappa shape index (κ2) is 5.36. The molecule has 0 aliphatic rings. The molecule has 0 saturated carbocycles. The number of halogens is 3. The van der Waals surface area contributed by atoms with Crippen LogP contribution in [-0.4, -0.2) is 9.38 Å². The molecule has 0 saturated heterocycles. The lowest BCUT2D eigenvalue weighted by atomic mass is 10.00. The van der Waals surface area contributed by atoms with Gasteiger partial charge in [-0.3, -0.25) is 9.20 Å². The van der Waals surface area contributed by atoms with Crippen LogP contribution in [0.15, 0.2) is 41.2 Å². The number of benzene rings is 1. The Bertz CT molecular complexity index is 1010. The third kappa shape index (κ3) is 2.51. The topological polar surface area (TPSA) is 60.4 Å². The number of fused-ring (bicyclic) bond motifs is 1. The molecule has 2 N–H and O–H groups in total. The van der Waals surface area contributed by atoms with Gasteiger partial charge in [-0.05, 0) is 37.1 Å². The standard InChI is InChI=1S/C17H14F3N3O/c1-9-5-3-4-6-12(9)14-13-8-11(17(18,19)20)7-10(2)23(13)16(21)22-15(14)24/h3-8H,1-2H3,(H2,21,22,24). The highest BCUT2D eigenvalue weighted by atomic mass is 19.4. The van der Waals surface area contributed by atoms with Gasteiger partial charge in [-0.2, -0.15) is 18.2 Å². The van der Waals surface area contributed by atoms with E-state index in [4.69, 9.17) is 5.73 Å². The second-order valence-electron chi connectivity index (χ2n) is 5.57. The van der Waals surface area contributed by atoms with Crippen LogP contribution in [0.5, 0.6) is 0 Å². The van der Waals surface area contributed by atoms with E-state index in [0.29, 0.717) is 5.56 Å². The lowest BCUT2D eigenvalue weighted by Crippen LogP contribution is -2.19. The minimum absolute atomic E-state index is 0.0918. The molecule has 24 heavy (non-hydrogen) atoms. The number of hydrogen-bond acceptors (Lipinski definition) is 3. The normalized spacial score (nSPS) is 11.9. The van der Waals surface area contributed by atoms with Crippen molar-refractivity contribution >= 4 is 11.5 Å². The Morgan fingerprint density at radius 3 is 2.42 bits per heavy atom. The summed E-state index contributed by atoms with van der Waals surface area (Å²) >= 11 is 0. The number of rotatable bonds is 1.